The van der Waals surface area contributed by atoms with Gasteiger partial charge in [-0.2, -0.15) is 0 Å². The Morgan fingerprint density at radius 2 is 2.00 bits per heavy atom. The summed E-state index contributed by atoms with van der Waals surface area (Å²) in [7, 11) is 1.53. The van der Waals surface area contributed by atoms with Crippen LogP contribution in [0, 0.1) is 5.92 Å². The highest BCUT2D eigenvalue weighted by Gasteiger charge is 2.37. The molecule has 26 heavy (non-hydrogen) atoms. The molecule has 1 aromatic carbocycles. The van der Waals surface area contributed by atoms with Crippen molar-refractivity contribution in [1.29, 1.82) is 0 Å². The van der Waals surface area contributed by atoms with Gasteiger partial charge in [-0.15, -0.1) is 0 Å². The van der Waals surface area contributed by atoms with Crippen molar-refractivity contribution < 1.29 is 14.4 Å². The Labute approximate surface area is 159 Å². The van der Waals surface area contributed by atoms with E-state index in [0.29, 0.717) is 11.4 Å². The van der Waals surface area contributed by atoms with E-state index in [1.165, 1.54) is 7.05 Å². The molecule has 142 valence electrons. The molecule has 0 aromatic heterocycles. The normalized spacial score (nSPS) is 17.0. The SMILES string of the molecule is CNC(=O)CC(CNC=O)C(=O)NC1(c2cccc(Cl)c2)CCCCC1. The van der Waals surface area contributed by atoms with Crippen molar-refractivity contribution in [3.8, 4) is 0 Å². The number of hydrogen-bond donors (Lipinski definition) is 3. The van der Waals surface area contributed by atoms with E-state index in [9.17, 15) is 14.4 Å². The van der Waals surface area contributed by atoms with Crippen LogP contribution in [0.3, 0.4) is 0 Å². The van der Waals surface area contributed by atoms with Gasteiger partial charge in [0.2, 0.25) is 18.2 Å². The molecular weight excluding hydrogens is 354 g/mol. The van der Waals surface area contributed by atoms with Crippen molar-refractivity contribution in [3.63, 3.8) is 0 Å². The summed E-state index contributed by atoms with van der Waals surface area (Å²) in [5, 5.41) is 8.85. The average molecular weight is 380 g/mol. The first kappa shape index (κ1) is 20.2. The van der Waals surface area contributed by atoms with E-state index < -0.39 is 11.5 Å². The zero-order valence-corrected chi connectivity index (χ0v) is 15.8. The monoisotopic (exact) mass is 379 g/mol. The topological polar surface area (TPSA) is 87.3 Å². The first-order valence-electron chi connectivity index (χ1n) is 8.96. The van der Waals surface area contributed by atoms with Gasteiger partial charge in [0.15, 0.2) is 0 Å². The van der Waals surface area contributed by atoms with Crippen LogP contribution in [0.15, 0.2) is 24.3 Å². The maximum atomic E-state index is 13.0. The van der Waals surface area contributed by atoms with Crippen LogP contribution < -0.4 is 16.0 Å². The number of nitrogens with one attached hydrogen (secondary N) is 3. The first-order valence-corrected chi connectivity index (χ1v) is 9.34. The van der Waals surface area contributed by atoms with Gasteiger partial charge < -0.3 is 16.0 Å². The van der Waals surface area contributed by atoms with E-state index in [-0.39, 0.29) is 24.8 Å². The third-order valence-corrected chi connectivity index (χ3v) is 5.21. The molecule has 7 heteroatoms. The molecule has 1 atom stereocenters. The number of halogens is 1. The summed E-state index contributed by atoms with van der Waals surface area (Å²) in [6, 6.07) is 7.57. The largest absolute Gasteiger partial charge is 0.359 e. The highest BCUT2D eigenvalue weighted by atomic mass is 35.5. The van der Waals surface area contributed by atoms with E-state index >= 15 is 0 Å². The molecular formula is C19H26ClN3O3. The van der Waals surface area contributed by atoms with Gasteiger partial charge in [-0.05, 0) is 30.5 Å². The second kappa shape index (κ2) is 9.57. The molecule has 3 N–H and O–H groups in total. The lowest BCUT2D eigenvalue weighted by molar-refractivity contribution is -0.132. The van der Waals surface area contributed by atoms with Gasteiger partial charge in [-0.1, -0.05) is 43.0 Å². The van der Waals surface area contributed by atoms with Crippen LogP contribution in [-0.2, 0) is 19.9 Å². The van der Waals surface area contributed by atoms with Crippen molar-refractivity contribution in [3.05, 3.63) is 34.9 Å². The molecule has 2 rings (SSSR count). The molecule has 6 nitrogen and oxygen atoms in total. The molecule has 1 unspecified atom stereocenters. The number of amides is 3. The lowest BCUT2D eigenvalue weighted by Crippen LogP contribution is -2.51. The molecule has 3 amide bonds. The number of hydrogen-bond acceptors (Lipinski definition) is 3. The summed E-state index contributed by atoms with van der Waals surface area (Å²) >= 11 is 6.17. The highest BCUT2D eigenvalue weighted by molar-refractivity contribution is 6.30. The molecule has 1 aliphatic carbocycles. The lowest BCUT2D eigenvalue weighted by atomic mass is 9.76. The predicted molar refractivity (Wildman–Crippen MR) is 101 cm³/mol. The fourth-order valence-electron chi connectivity index (χ4n) is 3.54. The Morgan fingerprint density at radius 3 is 2.62 bits per heavy atom. The Hall–Kier alpha value is -2.08. The fourth-order valence-corrected chi connectivity index (χ4v) is 3.73. The van der Waals surface area contributed by atoms with E-state index in [0.717, 1.165) is 37.7 Å². The maximum Gasteiger partial charge on any atom is 0.226 e. The Morgan fingerprint density at radius 1 is 1.27 bits per heavy atom. The summed E-state index contributed by atoms with van der Waals surface area (Å²) in [5.41, 5.74) is 0.502. The summed E-state index contributed by atoms with van der Waals surface area (Å²) in [6.07, 6.45) is 5.37. The minimum absolute atomic E-state index is 0.0226. The molecule has 1 saturated carbocycles. The minimum Gasteiger partial charge on any atom is -0.359 e. The number of carbonyl (C=O) groups excluding carboxylic acids is 3. The third kappa shape index (κ3) is 5.21. The summed E-state index contributed by atoms with van der Waals surface area (Å²) in [5.74, 6) is -1.10. The Kier molecular flexibility index (Phi) is 7.45. The van der Waals surface area contributed by atoms with Gasteiger partial charge in [-0.25, -0.2) is 0 Å². The molecule has 0 bridgehead atoms. The maximum absolute atomic E-state index is 13.0. The van der Waals surface area contributed by atoms with Gasteiger partial charge in [0, 0.05) is 25.0 Å². The van der Waals surface area contributed by atoms with Crippen LogP contribution in [0.25, 0.3) is 0 Å². The third-order valence-electron chi connectivity index (χ3n) is 4.98. The van der Waals surface area contributed by atoms with Crippen LogP contribution in [0.1, 0.15) is 44.1 Å². The number of benzene rings is 1. The average Bonchev–Trinajstić information content (AvgIpc) is 2.65. The molecule has 0 heterocycles. The van der Waals surface area contributed by atoms with E-state index in [2.05, 4.69) is 16.0 Å². The Bertz CT molecular complexity index is 645. The van der Waals surface area contributed by atoms with Crippen LogP contribution in [0.2, 0.25) is 5.02 Å². The van der Waals surface area contributed by atoms with Crippen molar-refractivity contribution in [2.45, 2.75) is 44.1 Å². The van der Waals surface area contributed by atoms with Crippen molar-refractivity contribution >= 4 is 29.8 Å². The fraction of sp³-hybridized carbons (Fsp3) is 0.526. The first-order chi connectivity index (χ1) is 12.5. The quantitative estimate of drug-likeness (QED) is 0.604. The molecule has 0 saturated heterocycles. The van der Waals surface area contributed by atoms with Crippen LogP contribution >= 0.6 is 11.6 Å². The van der Waals surface area contributed by atoms with Crippen LogP contribution in [-0.4, -0.2) is 31.8 Å². The molecule has 0 spiro atoms. The lowest BCUT2D eigenvalue weighted by Gasteiger charge is -2.39. The number of carbonyl (C=O) groups is 3. The second-order valence-corrected chi connectivity index (χ2v) is 7.18. The molecule has 1 aromatic rings. The van der Waals surface area contributed by atoms with Gasteiger partial charge in [-0.3, -0.25) is 14.4 Å². The van der Waals surface area contributed by atoms with Gasteiger partial charge in [0.05, 0.1) is 11.5 Å². The minimum atomic E-state index is -0.627. The van der Waals surface area contributed by atoms with Crippen molar-refractivity contribution in [1.82, 2.24) is 16.0 Å². The summed E-state index contributed by atoms with van der Waals surface area (Å²) in [4.78, 5) is 35.3. The van der Waals surface area contributed by atoms with E-state index in [1.54, 1.807) is 0 Å². The molecule has 1 fully saturated rings. The zero-order valence-electron chi connectivity index (χ0n) is 15.0. The van der Waals surface area contributed by atoms with Gasteiger partial charge in [0.1, 0.15) is 0 Å². The van der Waals surface area contributed by atoms with Gasteiger partial charge >= 0.3 is 0 Å². The Balaban J connectivity index is 2.23. The molecule has 1 aliphatic rings. The van der Waals surface area contributed by atoms with E-state index in [4.69, 9.17) is 11.6 Å². The van der Waals surface area contributed by atoms with E-state index in [1.807, 2.05) is 24.3 Å². The smallest absolute Gasteiger partial charge is 0.226 e. The summed E-state index contributed by atoms with van der Waals surface area (Å²) in [6.45, 7) is 0.119. The predicted octanol–water partition coefficient (Wildman–Crippen LogP) is 2.11. The van der Waals surface area contributed by atoms with Gasteiger partial charge in [0.25, 0.3) is 0 Å². The molecule has 0 radical (unpaired) electrons. The second-order valence-electron chi connectivity index (χ2n) is 6.74. The number of rotatable bonds is 8. The van der Waals surface area contributed by atoms with Crippen molar-refractivity contribution in [2.24, 2.45) is 5.92 Å². The zero-order chi connectivity index (χ0) is 19.0. The van der Waals surface area contributed by atoms with Crippen LogP contribution in [0.5, 0.6) is 0 Å². The van der Waals surface area contributed by atoms with Crippen LogP contribution in [0.4, 0.5) is 0 Å². The molecule has 0 aliphatic heterocycles. The standard InChI is InChI=1S/C19H26ClN3O3/c1-21-17(25)10-14(12-22-13-24)18(26)23-19(8-3-2-4-9-19)15-6-5-7-16(20)11-15/h5-7,11,13-14H,2-4,8-10,12H2,1H3,(H,21,25)(H,22,24)(H,23,26). The highest BCUT2D eigenvalue weighted by Crippen LogP contribution is 2.38. The summed E-state index contributed by atoms with van der Waals surface area (Å²) < 4.78 is 0. The van der Waals surface area contributed by atoms with Crippen molar-refractivity contribution in [2.75, 3.05) is 13.6 Å².